The summed E-state index contributed by atoms with van der Waals surface area (Å²) in [5.41, 5.74) is -3.69. The van der Waals surface area contributed by atoms with Crippen LogP contribution in [0.4, 0.5) is 0 Å². The minimum absolute atomic E-state index is 0.429. The lowest BCUT2D eigenvalue weighted by atomic mass is 9.90. The lowest BCUT2D eigenvalue weighted by Gasteiger charge is -2.28. The molecule has 0 aromatic carbocycles. The van der Waals surface area contributed by atoms with Crippen molar-refractivity contribution in [3.8, 4) is 0 Å². The maximum absolute atomic E-state index is 12.0. The molecular formula is C13H21N2O15P3. The first kappa shape index (κ1) is 28.0. The molecule has 0 radical (unpaired) electrons. The molecule has 0 amide bonds. The Bertz CT molecular complexity index is 1170. The minimum Gasteiger partial charge on any atom is -0.385 e. The number of phosphoric ester groups is 1. The number of H-pyrrole nitrogens is 1. The quantitative estimate of drug-likeness (QED) is 0.144. The number of aliphatic hydroxyl groups excluding tert-OH is 1. The van der Waals surface area contributed by atoms with Crippen LogP contribution in [0.2, 0.25) is 0 Å². The molecule has 33 heavy (non-hydrogen) atoms. The van der Waals surface area contributed by atoms with E-state index in [1.54, 1.807) is 0 Å². The molecule has 0 saturated carbocycles. The maximum atomic E-state index is 12.0. The van der Waals surface area contributed by atoms with E-state index < -0.39 is 65.4 Å². The predicted octanol–water partition coefficient (Wildman–Crippen LogP) is -1.16. The third-order valence-electron chi connectivity index (χ3n) is 4.01. The summed E-state index contributed by atoms with van der Waals surface area (Å²) in [6, 6.07) is 0.927. The van der Waals surface area contributed by atoms with Crippen LogP contribution in [0.1, 0.15) is 20.1 Å². The normalized spacial score (nSPS) is 29.3. The molecule has 17 nitrogen and oxygen atoms in total. The van der Waals surface area contributed by atoms with Crippen molar-refractivity contribution in [2.75, 3.05) is 6.61 Å². The molecule has 7 N–H and O–H groups in total. The molecule has 0 aliphatic carbocycles. The highest BCUT2D eigenvalue weighted by molar-refractivity contribution is 7.66. The van der Waals surface area contributed by atoms with Gasteiger partial charge < -0.3 is 34.5 Å². The Hall–Kier alpha value is -1.29. The van der Waals surface area contributed by atoms with Gasteiger partial charge in [0.25, 0.3) is 5.56 Å². The second-order valence-corrected chi connectivity index (χ2v) is 11.4. The summed E-state index contributed by atoms with van der Waals surface area (Å²) in [5.74, 6) is 0. The third kappa shape index (κ3) is 7.34. The predicted molar refractivity (Wildman–Crippen MR) is 105 cm³/mol. The Balaban J connectivity index is 2.29. The molecule has 188 valence electrons. The Kier molecular flexibility index (Phi) is 8.26. The summed E-state index contributed by atoms with van der Waals surface area (Å²) in [5, 5.41) is 21.6. The molecule has 20 heteroatoms. The summed E-state index contributed by atoms with van der Waals surface area (Å²) in [6.45, 7) is 1.93. The van der Waals surface area contributed by atoms with Crippen molar-refractivity contribution < 1.29 is 61.4 Å². The molecule has 1 fully saturated rings. The average Bonchev–Trinajstić information content (AvgIpc) is 2.80. The molecule has 0 bridgehead atoms. The topological polar surface area (TPSA) is 264 Å². The van der Waals surface area contributed by atoms with Crippen molar-refractivity contribution in [1.29, 1.82) is 0 Å². The Morgan fingerprint density at radius 1 is 1.18 bits per heavy atom. The van der Waals surface area contributed by atoms with Crippen LogP contribution >= 0.6 is 23.5 Å². The molecule has 6 atom stereocenters. The Morgan fingerprint density at radius 3 is 2.30 bits per heavy atom. The molecule has 1 aliphatic rings. The van der Waals surface area contributed by atoms with E-state index in [9.17, 15) is 43.3 Å². The van der Waals surface area contributed by atoms with Gasteiger partial charge in [-0.3, -0.25) is 18.9 Å². The number of nitrogens with zero attached hydrogens (tertiary/aromatic N) is 1. The van der Waals surface area contributed by atoms with E-state index in [0.717, 1.165) is 22.9 Å². The summed E-state index contributed by atoms with van der Waals surface area (Å²) < 4.78 is 51.8. The second kappa shape index (κ2) is 9.76. The first-order valence-corrected chi connectivity index (χ1v) is 13.2. The summed E-state index contributed by atoms with van der Waals surface area (Å²) in [7, 11) is -16.9. The SMILES string of the molecule is CC(C)=CC1(O)C(COP(=O)(O)OP(=O)(O)OP(=O)(O)O)OC(n2ccc(=O)[nH]c2=O)C1O. The van der Waals surface area contributed by atoms with Crippen LogP contribution in [-0.2, 0) is 31.6 Å². The first-order chi connectivity index (χ1) is 14.9. The minimum atomic E-state index is -5.78. The number of ether oxygens (including phenoxy) is 1. The zero-order chi connectivity index (χ0) is 25.4. The van der Waals surface area contributed by atoms with Gasteiger partial charge in [-0.2, -0.15) is 8.62 Å². The molecule has 1 saturated heterocycles. The van der Waals surface area contributed by atoms with Crippen LogP contribution in [0.15, 0.2) is 33.5 Å². The van der Waals surface area contributed by atoms with Gasteiger partial charge in [-0.05, 0) is 19.9 Å². The summed E-state index contributed by atoms with van der Waals surface area (Å²) >= 11 is 0. The molecule has 1 aromatic rings. The van der Waals surface area contributed by atoms with E-state index in [4.69, 9.17) is 14.5 Å². The second-order valence-electron chi connectivity index (χ2n) is 6.97. The smallest absolute Gasteiger partial charge is 0.385 e. The van der Waals surface area contributed by atoms with Gasteiger partial charge in [-0.15, -0.1) is 0 Å². The Labute approximate surface area is 184 Å². The van der Waals surface area contributed by atoms with Crippen LogP contribution < -0.4 is 11.2 Å². The van der Waals surface area contributed by atoms with E-state index in [-0.39, 0.29) is 0 Å². The molecule has 0 spiro atoms. The average molecular weight is 538 g/mol. The van der Waals surface area contributed by atoms with Gasteiger partial charge >= 0.3 is 29.2 Å². The van der Waals surface area contributed by atoms with E-state index >= 15 is 0 Å². The van der Waals surface area contributed by atoms with Gasteiger partial charge in [0.05, 0.1) is 6.61 Å². The van der Waals surface area contributed by atoms with Crippen LogP contribution in [-0.4, -0.2) is 63.8 Å². The van der Waals surface area contributed by atoms with Crippen molar-refractivity contribution in [2.45, 2.75) is 37.9 Å². The summed E-state index contributed by atoms with van der Waals surface area (Å²) in [6.07, 6.45) is -3.15. The highest BCUT2D eigenvalue weighted by Crippen LogP contribution is 2.66. The zero-order valence-electron chi connectivity index (χ0n) is 16.8. The van der Waals surface area contributed by atoms with Crippen molar-refractivity contribution in [3.63, 3.8) is 0 Å². The number of rotatable bonds is 9. The largest absolute Gasteiger partial charge is 0.490 e. The van der Waals surface area contributed by atoms with E-state index in [1.165, 1.54) is 13.8 Å². The third-order valence-corrected chi connectivity index (χ3v) is 7.82. The fourth-order valence-electron chi connectivity index (χ4n) is 2.89. The van der Waals surface area contributed by atoms with Gasteiger partial charge in [0.1, 0.15) is 17.8 Å². The lowest BCUT2D eigenvalue weighted by molar-refractivity contribution is -0.0645. The molecular weight excluding hydrogens is 517 g/mol. The van der Waals surface area contributed by atoms with Crippen LogP contribution in [0.5, 0.6) is 0 Å². The highest BCUT2D eigenvalue weighted by atomic mass is 31.3. The fourth-order valence-corrected chi connectivity index (χ4v) is 5.91. The molecule has 2 heterocycles. The molecule has 6 unspecified atom stereocenters. The highest BCUT2D eigenvalue weighted by Gasteiger charge is 2.56. The number of hydrogen-bond donors (Lipinski definition) is 7. The van der Waals surface area contributed by atoms with Gasteiger partial charge in [0.15, 0.2) is 6.23 Å². The summed E-state index contributed by atoms with van der Waals surface area (Å²) in [4.78, 5) is 61.1. The van der Waals surface area contributed by atoms with Crippen molar-refractivity contribution in [2.24, 2.45) is 0 Å². The van der Waals surface area contributed by atoms with E-state index in [1.807, 2.05) is 4.98 Å². The van der Waals surface area contributed by atoms with E-state index in [0.29, 0.717) is 5.57 Å². The van der Waals surface area contributed by atoms with Gasteiger partial charge in [0, 0.05) is 12.3 Å². The fraction of sp³-hybridized carbons (Fsp3) is 0.538. The van der Waals surface area contributed by atoms with Gasteiger partial charge in [0.2, 0.25) is 0 Å². The van der Waals surface area contributed by atoms with Gasteiger partial charge in [-0.1, -0.05) is 5.57 Å². The van der Waals surface area contributed by atoms with Crippen LogP contribution in [0, 0.1) is 0 Å². The maximum Gasteiger partial charge on any atom is 0.490 e. The van der Waals surface area contributed by atoms with E-state index in [2.05, 4.69) is 13.1 Å². The van der Waals surface area contributed by atoms with Crippen molar-refractivity contribution >= 4 is 23.5 Å². The number of allylic oxidation sites excluding steroid dienone is 1. The number of aliphatic hydroxyl groups is 2. The first-order valence-electron chi connectivity index (χ1n) is 8.67. The van der Waals surface area contributed by atoms with Crippen LogP contribution in [0.25, 0.3) is 0 Å². The number of phosphoric acid groups is 3. The number of hydrogen-bond acceptors (Lipinski definition) is 11. The number of aromatic nitrogens is 2. The number of aromatic amines is 1. The monoisotopic (exact) mass is 538 g/mol. The molecule has 1 aliphatic heterocycles. The molecule has 1 aromatic heterocycles. The van der Waals surface area contributed by atoms with Crippen molar-refractivity contribution in [1.82, 2.24) is 9.55 Å². The zero-order valence-corrected chi connectivity index (χ0v) is 19.5. The van der Waals surface area contributed by atoms with Crippen molar-refractivity contribution in [3.05, 3.63) is 44.8 Å². The van der Waals surface area contributed by atoms with Crippen LogP contribution in [0.3, 0.4) is 0 Å². The standard InChI is InChI=1S/C13H21N2O15P3/c1-7(2)5-13(19)8(6-27-32(23,24)30-33(25,26)29-31(20,21)22)28-11(10(13)17)15-4-3-9(16)14-12(15)18/h3-5,8,10-11,17,19H,6H2,1-2H3,(H,23,24)(H,25,26)(H,14,16,18)(H2,20,21,22). The molecule has 2 rings (SSSR count). The lowest BCUT2D eigenvalue weighted by Crippen LogP contribution is -2.48. The Morgan fingerprint density at radius 2 is 1.79 bits per heavy atom. The van der Waals surface area contributed by atoms with Gasteiger partial charge in [-0.25, -0.2) is 18.5 Å². The number of nitrogens with one attached hydrogen (secondary N) is 1.